The number of carboxylic acid groups (broad SMARTS) is 1. The Hall–Kier alpha value is -1.78. The molecule has 0 heterocycles. The Morgan fingerprint density at radius 3 is 2.72 bits per heavy atom. The summed E-state index contributed by atoms with van der Waals surface area (Å²) in [5.41, 5.74) is 6.08. The lowest BCUT2D eigenvalue weighted by Crippen LogP contribution is -2.31. The van der Waals surface area contributed by atoms with Crippen molar-refractivity contribution in [3.8, 4) is 0 Å². The van der Waals surface area contributed by atoms with Gasteiger partial charge in [-0.15, -0.1) is 0 Å². The summed E-state index contributed by atoms with van der Waals surface area (Å²) < 4.78 is 13.6. The van der Waals surface area contributed by atoms with Gasteiger partial charge in [0.15, 0.2) is 0 Å². The first kappa shape index (κ1) is 12.7. The Labute approximate surface area is 105 Å². The van der Waals surface area contributed by atoms with E-state index < -0.39 is 17.3 Å². The van der Waals surface area contributed by atoms with E-state index in [-0.39, 0.29) is 11.7 Å². The molecule has 0 saturated heterocycles. The number of carboxylic acids is 1. The van der Waals surface area contributed by atoms with E-state index in [1.807, 2.05) is 6.92 Å². The van der Waals surface area contributed by atoms with Crippen molar-refractivity contribution in [1.29, 1.82) is 0 Å². The molecule has 1 aliphatic rings. The average Bonchev–Trinajstić information content (AvgIpc) is 2.19. The van der Waals surface area contributed by atoms with E-state index >= 15 is 0 Å². The first-order valence-electron chi connectivity index (χ1n) is 6.08. The fourth-order valence-corrected chi connectivity index (χ4v) is 2.18. The van der Waals surface area contributed by atoms with Crippen molar-refractivity contribution in [2.24, 2.45) is 5.92 Å². The van der Waals surface area contributed by atoms with Crippen molar-refractivity contribution in [3.05, 3.63) is 23.5 Å². The molecule has 5 heteroatoms. The molecule has 1 aliphatic carbocycles. The minimum atomic E-state index is -1.31. The Bertz CT molecular complexity index is 472. The smallest absolute Gasteiger partial charge is 0.338 e. The standard InChI is InChI=1S/C13H17FN2O2/c1-7(8-3-2-4-8)16-12-6-10(14)9(13(17)18)5-11(12)15/h5-8,16H,2-4,15H2,1H3,(H,17,18). The predicted octanol–water partition coefficient (Wildman–Crippen LogP) is 2.71. The minimum absolute atomic E-state index is 0.219. The van der Waals surface area contributed by atoms with Gasteiger partial charge < -0.3 is 16.2 Å². The van der Waals surface area contributed by atoms with Crippen LogP contribution >= 0.6 is 0 Å². The van der Waals surface area contributed by atoms with Gasteiger partial charge in [0, 0.05) is 6.04 Å². The number of anilines is 2. The molecule has 0 aromatic heterocycles. The molecule has 1 atom stereocenters. The quantitative estimate of drug-likeness (QED) is 0.720. The van der Waals surface area contributed by atoms with Crippen LogP contribution in [0.1, 0.15) is 36.5 Å². The lowest BCUT2D eigenvalue weighted by Gasteiger charge is -2.32. The number of nitrogen functional groups attached to an aromatic ring is 1. The summed E-state index contributed by atoms with van der Waals surface area (Å²) >= 11 is 0. The summed E-state index contributed by atoms with van der Waals surface area (Å²) in [5.74, 6) is -1.48. The van der Waals surface area contributed by atoms with Gasteiger partial charge in [0.05, 0.1) is 16.9 Å². The Morgan fingerprint density at radius 1 is 1.56 bits per heavy atom. The molecular formula is C13H17FN2O2. The molecular weight excluding hydrogens is 235 g/mol. The largest absolute Gasteiger partial charge is 0.478 e. The molecule has 1 aromatic carbocycles. The highest BCUT2D eigenvalue weighted by Crippen LogP contribution is 2.32. The third-order valence-electron chi connectivity index (χ3n) is 3.61. The van der Waals surface area contributed by atoms with Gasteiger partial charge in [0.1, 0.15) is 5.82 Å². The molecule has 0 radical (unpaired) electrons. The number of hydrogen-bond acceptors (Lipinski definition) is 3. The van der Waals surface area contributed by atoms with Gasteiger partial charge in [-0.25, -0.2) is 9.18 Å². The summed E-state index contributed by atoms with van der Waals surface area (Å²) in [6.45, 7) is 2.03. The zero-order valence-electron chi connectivity index (χ0n) is 10.2. The molecule has 1 aromatic rings. The van der Waals surface area contributed by atoms with Crippen LogP contribution in [0.2, 0.25) is 0 Å². The topological polar surface area (TPSA) is 75.3 Å². The maximum absolute atomic E-state index is 13.6. The molecule has 4 nitrogen and oxygen atoms in total. The highest BCUT2D eigenvalue weighted by atomic mass is 19.1. The summed E-state index contributed by atoms with van der Waals surface area (Å²) in [7, 11) is 0. The fraction of sp³-hybridized carbons (Fsp3) is 0.462. The fourth-order valence-electron chi connectivity index (χ4n) is 2.18. The lowest BCUT2D eigenvalue weighted by atomic mass is 9.80. The van der Waals surface area contributed by atoms with Crippen molar-refractivity contribution < 1.29 is 14.3 Å². The van der Waals surface area contributed by atoms with Gasteiger partial charge in [-0.05, 0) is 37.8 Å². The van der Waals surface area contributed by atoms with Crippen LogP contribution in [0.15, 0.2) is 12.1 Å². The SMILES string of the molecule is CC(Nc1cc(F)c(C(=O)O)cc1N)C1CCC1. The van der Waals surface area contributed by atoms with Crippen LogP contribution in [0, 0.1) is 11.7 Å². The van der Waals surface area contributed by atoms with Gasteiger partial charge >= 0.3 is 5.97 Å². The Morgan fingerprint density at radius 2 is 2.22 bits per heavy atom. The van der Waals surface area contributed by atoms with Crippen LogP contribution < -0.4 is 11.1 Å². The second-order valence-corrected chi connectivity index (χ2v) is 4.85. The number of benzene rings is 1. The third kappa shape index (κ3) is 2.39. The molecule has 1 saturated carbocycles. The molecule has 2 rings (SSSR count). The van der Waals surface area contributed by atoms with E-state index in [2.05, 4.69) is 5.32 Å². The zero-order chi connectivity index (χ0) is 13.3. The van der Waals surface area contributed by atoms with Crippen molar-refractivity contribution >= 4 is 17.3 Å². The summed E-state index contributed by atoms with van der Waals surface area (Å²) in [6.07, 6.45) is 3.58. The Balaban J connectivity index is 2.18. The third-order valence-corrected chi connectivity index (χ3v) is 3.61. The van der Waals surface area contributed by atoms with E-state index in [1.165, 1.54) is 19.3 Å². The van der Waals surface area contributed by atoms with Crippen molar-refractivity contribution in [1.82, 2.24) is 0 Å². The molecule has 4 N–H and O–H groups in total. The summed E-state index contributed by atoms with van der Waals surface area (Å²) in [6, 6.07) is 2.54. The van der Waals surface area contributed by atoms with Gasteiger partial charge in [0.25, 0.3) is 0 Å². The van der Waals surface area contributed by atoms with Crippen LogP contribution in [-0.2, 0) is 0 Å². The number of carbonyl (C=O) groups is 1. The first-order valence-corrected chi connectivity index (χ1v) is 6.08. The van der Waals surface area contributed by atoms with Crippen molar-refractivity contribution in [2.75, 3.05) is 11.1 Å². The molecule has 0 aliphatic heterocycles. The lowest BCUT2D eigenvalue weighted by molar-refractivity contribution is 0.0692. The van der Waals surface area contributed by atoms with Crippen LogP contribution in [0.4, 0.5) is 15.8 Å². The normalized spacial score (nSPS) is 17.0. The second kappa shape index (κ2) is 4.84. The molecule has 0 bridgehead atoms. The van der Waals surface area contributed by atoms with Gasteiger partial charge in [-0.1, -0.05) is 6.42 Å². The summed E-state index contributed by atoms with van der Waals surface area (Å²) in [5, 5.41) is 11.9. The molecule has 0 spiro atoms. The number of aromatic carboxylic acids is 1. The highest BCUT2D eigenvalue weighted by Gasteiger charge is 2.24. The highest BCUT2D eigenvalue weighted by molar-refractivity contribution is 5.90. The number of nitrogens with two attached hydrogens (primary N) is 1. The monoisotopic (exact) mass is 252 g/mol. The van der Waals surface area contributed by atoms with E-state index in [0.29, 0.717) is 11.6 Å². The number of halogens is 1. The maximum atomic E-state index is 13.6. The van der Waals surface area contributed by atoms with Gasteiger partial charge in [-0.3, -0.25) is 0 Å². The zero-order valence-corrected chi connectivity index (χ0v) is 10.2. The van der Waals surface area contributed by atoms with Crippen LogP contribution in [0.25, 0.3) is 0 Å². The van der Waals surface area contributed by atoms with E-state index in [9.17, 15) is 9.18 Å². The van der Waals surface area contributed by atoms with E-state index in [1.54, 1.807) is 0 Å². The average molecular weight is 252 g/mol. The molecule has 98 valence electrons. The van der Waals surface area contributed by atoms with Gasteiger partial charge in [0.2, 0.25) is 0 Å². The van der Waals surface area contributed by atoms with Crippen LogP contribution in [-0.4, -0.2) is 17.1 Å². The molecule has 0 amide bonds. The first-order chi connectivity index (χ1) is 8.49. The van der Waals surface area contributed by atoms with E-state index in [4.69, 9.17) is 10.8 Å². The maximum Gasteiger partial charge on any atom is 0.338 e. The molecule has 1 unspecified atom stereocenters. The van der Waals surface area contributed by atoms with E-state index in [0.717, 1.165) is 12.1 Å². The number of hydrogen-bond donors (Lipinski definition) is 3. The molecule has 18 heavy (non-hydrogen) atoms. The van der Waals surface area contributed by atoms with Crippen LogP contribution in [0.3, 0.4) is 0 Å². The van der Waals surface area contributed by atoms with Crippen LogP contribution in [0.5, 0.6) is 0 Å². The Kier molecular flexibility index (Phi) is 3.41. The number of rotatable bonds is 4. The van der Waals surface area contributed by atoms with Gasteiger partial charge in [-0.2, -0.15) is 0 Å². The second-order valence-electron chi connectivity index (χ2n) is 4.85. The predicted molar refractivity (Wildman–Crippen MR) is 68.2 cm³/mol. The van der Waals surface area contributed by atoms with Crippen molar-refractivity contribution in [3.63, 3.8) is 0 Å². The minimum Gasteiger partial charge on any atom is -0.478 e. The van der Waals surface area contributed by atoms with Crippen molar-refractivity contribution in [2.45, 2.75) is 32.2 Å². The number of nitrogens with one attached hydrogen (secondary N) is 1. The summed E-state index contributed by atoms with van der Waals surface area (Å²) in [4.78, 5) is 10.8. The molecule has 1 fully saturated rings.